The van der Waals surface area contributed by atoms with Crippen LogP contribution < -0.4 is 25.8 Å². The van der Waals surface area contributed by atoms with Crippen molar-refractivity contribution in [2.45, 2.75) is 6.92 Å². The first-order valence-corrected chi connectivity index (χ1v) is 17.6. The Labute approximate surface area is 299 Å². The third kappa shape index (κ3) is 4.14. The van der Waals surface area contributed by atoms with Crippen LogP contribution in [0.3, 0.4) is 0 Å². The number of benzene rings is 7. The molecule has 3 aromatic heterocycles. The molecule has 3 nitrogen and oxygen atoms in total. The summed E-state index contributed by atoms with van der Waals surface area (Å²) >= 11 is 0. The fourth-order valence-electron chi connectivity index (χ4n) is 8.52. The van der Waals surface area contributed by atoms with Gasteiger partial charge in [-0.15, -0.1) is 0 Å². The summed E-state index contributed by atoms with van der Waals surface area (Å²) in [5, 5.41) is 13.4. The number of aromatic nitrogens is 1. The van der Waals surface area contributed by atoms with Crippen molar-refractivity contribution in [3.8, 4) is 0 Å². The summed E-state index contributed by atoms with van der Waals surface area (Å²) in [5.74, 6) is 0. The Morgan fingerprint density at radius 2 is 1.21 bits per heavy atom. The van der Waals surface area contributed by atoms with E-state index >= 15 is 0 Å². The summed E-state index contributed by atoms with van der Waals surface area (Å²) < 4.78 is 9.11. The molecule has 0 saturated heterocycles. The topological polar surface area (TPSA) is 20.8 Å². The number of furan rings is 1. The summed E-state index contributed by atoms with van der Waals surface area (Å²) in [6, 6.07) is 45.2. The largest absolute Gasteiger partial charge is 0.454 e. The van der Waals surface area contributed by atoms with E-state index in [1.54, 1.807) is 0 Å². The molecule has 0 saturated carbocycles. The van der Waals surface area contributed by atoms with Crippen molar-refractivity contribution < 1.29 is 4.42 Å². The Hall–Kier alpha value is -6.84. The molecule has 246 valence electrons. The molecular weight excluding hydrogens is 633 g/mol. The van der Waals surface area contributed by atoms with E-state index in [9.17, 15) is 0 Å². The number of para-hydroxylation sites is 4. The first kappa shape index (κ1) is 30.0. The van der Waals surface area contributed by atoms with Gasteiger partial charge in [-0.05, 0) is 81.0 Å². The molecule has 0 atom stereocenters. The van der Waals surface area contributed by atoms with Gasteiger partial charge < -0.3 is 13.7 Å². The van der Waals surface area contributed by atoms with E-state index in [1.165, 1.54) is 38.1 Å². The lowest BCUT2D eigenvalue weighted by Crippen LogP contribution is -2.48. The fourth-order valence-corrected chi connectivity index (χ4v) is 8.52. The molecule has 3 heteroatoms. The molecule has 0 bridgehead atoms. The average molecular weight is 667 g/mol. The minimum absolute atomic E-state index is 0.798. The van der Waals surface area contributed by atoms with E-state index in [0.29, 0.717) is 0 Å². The number of hydrogen-bond acceptors (Lipinski definition) is 2. The van der Waals surface area contributed by atoms with Gasteiger partial charge in [-0.3, -0.25) is 0 Å². The minimum atomic E-state index is 0.798. The second kappa shape index (κ2) is 11.3. The summed E-state index contributed by atoms with van der Waals surface area (Å²) in [7, 11) is 0. The van der Waals surface area contributed by atoms with Crippen LogP contribution in [-0.2, 0) is 0 Å². The molecule has 3 heterocycles. The second-order valence-electron chi connectivity index (χ2n) is 13.4. The maximum Gasteiger partial charge on any atom is 0.159 e. The van der Waals surface area contributed by atoms with Crippen LogP contribution in [0.2, 0.25) is 0 Å². The molecule has 10 rings (SSSR count). The SMILES string of the molecule is C=C/C=c1\c(=CC)c(=C)/c(=C\C(=C)N(c2cc3c4ccccc4n4c5ccccc5c(c2)c34)c2cccc3c2oc2ccccc23)c2ccccc12. The van der Waals surface area contributed by atoms with E-state index in [-0.39, 0.29) is 0 Å². The van der Waals surface area contributed by atoms with Gasteiger partial charge in [-0.1, -0.05) is 129 Å². The van der Waals surface area contributed by atoms with Crippen molar-refractivity contribution in [1.29, 1.82) is 0 Å². The second-order valence-corrected chi connectivity index (χ2v) is 13.4. The lowest BCUT2D eigenvalue weighted by Gasteiger charge is -2.26. The van der Waals surface area contributed by atoms with Gasteiger partial charge in [0.25, 0.3) is 0 Å². The molecule has 0 aliphatic rings. The van der Waals surface area contributed by atoms with Crippen LogP contribution in [0.4, 0.5) is 11.4 Å². The molecule has 10 aromatic rings. The maximum atomic E-state index is 6.69. The van der Waals surface area contributed by atoms with Gasteiger partial charge in [0.05, 0.1) is 22.2 Å². The third-order valence-electron chi connectivity index (χ3n) is 10.7. The monoisotopic (exact) mass is 666 g/mol. The van der Waals surface area contributed by atoms with Gasteiger partial charge in [0, 0.05) is 43.7 Å². The molecule has 0 aliphatic heterocycles. The third-order valence-corrected chi connectivity index (χ3v) is 10.7. The van der Waals surface area contributed by atoms with Crippen LogP contribution in [0.5, 0.6) is 0 Å². The molecule has 0 N–H and O–H groups in total. The highest BCUT2D eigenvalue weighted by Gasteiger charge is 2.23. The molecule has 0 amide bonds. The highest BCUT2D eigenvalue weighted by molar-refractivity contribution is 6.24. The fraction of sp³-hybridized carbons (Fsp3) is 0.0204. The zero-order chi connectivity index (χ0) is 35.1. The molecular formula is C49H34N2O. The van der Waals surface area contributed by atoms with Gasteiger partial charge >= 0.3 is 0 Å². The summed E-state index contributed by atoms with van der Waals surface area (Å²) in [6.45, 7) is 15.6. The lowest BCUT2D eigenvalue weighted by molar-refractivity contribution is 0.669. The molecule has 0 radical (unpaired) electrons. The van der Waals surface area contributed by atoms with Crippen LogP contribution in [0, 0.1) is 0 Å². The minimum Gasteiger partial charge on any atom is -0.454 e. The summed E-state index contributed by atoms with van der Waals surface area (Å²) in [5.41, 5.74) is 8.02. The van der Waals surface area contributed by atoms with Crippen LogP contribution in [0.15, 0.2) is 157 Å². The number of hydrogen-bond donors (Lipinski definition) is 0. The van der Waals surface area contributed by atoms with Gasteiger partial charge in [-0.25, -0.2) is 0 Å². The van der Waals surface area contributed by atoms with Crippen LogP contribution in [-0.4, -0.2) is 4.40 Å². The predicted molar refractivity (Wildman–Crippen MR) is 223 cm³/mol. The Balaban J connectivity index is 1.34. The number of rotatable bonds is 5. The summed E-state index contributed by atoms with van der Waals surface area (Å²) in [4.78, 5) is 2.26. The van der Waals surface area contributed by atoms with Crippen molar-refractivity contribution in [1.82, 2.24) is 4.40 Å². The normalized spacial score (nSPS) is 13.3. The van der Waals surface area contributed by atoms with Crippen LogP contribution in [0.25, 0.3) is 95.6 Å². The standard InChI is InChI=1S/C49H34N2O/c1-5-16-34-33(6-2)31(4)41(36-18-8-7-17-35(34)36)27-30(3)50(46-25-15-22-40-39-21-11-14-26-47(39)52-49(40)46)32-28-42-37-19-9-12-23-44(37)51-45-24-13-10-20-38(45)43(29-32)48(42)51/h5-29H,1,3-4H2,2H3/b33-6?,34-16+,41-27+. The van der Waals surface area contributed by atoms with Crippen LogP contribution in [0.1, 0.15) is 6.92 Å². The van der Waals surface area contributed by atoms with Gasteiger partial charge in [0.1, 0.15) is 5.58 Å². The average Bonchev–Trinajstić information content (AvgIpc) is 3.84. The maximum absolute atomic E-state index is 6.69. The zero-order valence-corrected chi connectivity index (χ0v) is 28.9. The van der Waals surface area contributed by atoms with E-state index in [4.69, 9.17) is 11.0 Å². The highest BCUT2D eigenvalue weighted by Crippen LogP contribution is 2.45. The summed E-state index contributed by atoms with van der Waals surface area (Å²) in [6.07, 6.45) is 8.26. The Bertz CT molecular complexity index is 3290. The van der Waals surface area contributed by atoms with E-state index in [0.717, 1.165) is 70.7 Å². The number of nitrogens with zero attached hydrogens (tertiary/aromatic N) is 2. The van der Waals surface area contributed by atoms with Crippen molar-refractivity contribution in [2.75, 3.05) is 4.90 Å². The number of fused-ring (bicyclic) bond motifs is 10. The molecule has 0 fully saturated rings. The van der Waals surface area contributed by atoms with Crippen molar-refractivity contribution in [3.63, 3.8) is 0 Å². The van der Waals surface area contributed by atoms with Crippen LogP contribution >= 0.6 is 0 Å². The first-order valence-electron chi connectivity index (χ1n) is 17.6. The van der Waals surface area contributed by atoms with E-state index < -0.39 is 0 Å². The first-order chi connectivity index (χ1) is 25.6. The van der Waals surface area contributed by atoms with Gasteiger partial charge in [0.2, 0.25) is 0 Å². The van der Waals surface area contributed by atoms with E-state index in [1.807, 2.05) is 18.2 Å². The van der Waals surface area contributed by atoms with Crippen molar-refractivity contribution >= 4 is 107 Å². The molecule has 7 aromatic carbocycles. The Morgan fingerprint density at radius 3 is 1.87 bits per heavy atom. The lowest BCUT2D eigenvalue weighted by atomic mass is 10.00. The zero-order valence-electron chi connectivity index (χ0n) is 28.9. The quantitative estimate of drug-likeness (QED) is 0.182. The Kier molecular flexibility index (Phi) is 6.55. The molecule has 0 aliphatic carbocycles. The molecule has 0 spiro atoms. The smallest absolute Gasteiger partial charge is 0.159 e. The molecule has 52 heavy (non-hydrogen) atoms. The Morgan fingerprint density at radius 1 is 0.635 bits per heavy atom. The van der Waals surface area contributed by atoms with Gasteiger partial charge in [0.15, 0.2) is 5.58 Å². The van der Waals surface area contributed by atoms with Crippen molar-refractivity contribution in [2.24, 2.45) is 0 Å². The number of allylic oxidation sites excluding steroid dienone is 2. The highest BCUT2D eigenvalue weighted by atomic mass is 16.3. The van der Waals surface area contributed by atoms with Gasteiger partial charge in [-0.2, -0.15) is 0 Å². The predicted octanol–water partition coefficient (Wildman–Crippen LogP) is 10.2. The van der Waals surface area contributed by atoms with E-state index in [2.05, 4.69) is 163 Å². The molecule has 0 unspecified atom stereocenters. The number of anilines is 2. The van der Waals surface area contributed by atoms with Crippen molar-refractivity contribution in [3.05, 3.63) is 173 Å².